The van der Waals surface area contributed by atoms with E-state index in [1.54, 1.807) is 0 Å². The number of ether oxygens (including phenoxy) is 1. The Kier molecular flexibility index (Phi) is 6.06. The second-order valence-corrected chi connectivity index (χ2v) is 6.67. The lowest BCUT2D eigenvalue weighted by Gasteiger charge is -2.42. The summed E-state index contributed by atoms with van der Waals surface area (Å²) in [7, 11) is 0. The van der Waals surface area contributed by atoms with Gasteiger partial charge in [-0.1, -0.05) is 29.8 Å². The van der Waals surface area contributed by atoms with E-state index in [-0.39, 0.29) is 18.3 Å². The number of carbonyl (C=O) groups is 1. The van der Waals surface area contributed by atoms with Crippen LogP contribution in [-0.2, 0) is 14.9 Å². The van der Waals surface area contributed by atoms with Gasteiger partial charge in [-0.25, -0.2) is 0 Å². The summed E-state index contributed by atoms with van der Waals surface area (Å²) in [6.07, 6.45) is 1.57. The van der Waals surface area contributed by atoms with Gasteiger partial charge in [-0.2, -0.15) is 0 Å². The van der Waals surface area contributed by atoms with E-state index in [4.69, 9.17) is 4.74 Å². The Morgan fingerprint density at radius 3 is 2.52 bits per heavy atom. The average molecular weight is 339 g/mol. The first-order valence-corrected chi connectivity index (χ1v) is 8.29. The number of carbonyl (C=O) groups excluding carboxylic acids is 1. The van der Waals surface area contributed by atoms with Gasteiger partial charge in [0.15, 0.2) is 0 Å². The predicted octanol–water partition coefficient (Wildman–Crippen LogP) is 2.29. The molecule has 23 heavy (non-hydrogen) atoms. The number of halogens is 1. The van der Waals surface area contributed by atoms with Gasteiger partial charge in [0.05, 0.1) is 5.41 Å². The van der Waals surface area contributed by atoms with Crippen LogP contribution in [0, 0.1) is 6.92 Å². The lowest BCUT2D eigenvalue weighted by molar-refractivity contribution is -0.142. The Labute approximate surface area is 145 Å². The molecule has 2 fully saturated rings. The third-order valence-corrected chi connectivity index (χ3v) is 5.02. The van der Waals surface area contributed by atoms with E-state index < -0.39 is 5.41 Å². The van der Waals surface area contributed by atoms with E-state index in [9.17, 15) is 4.79 Å². The van der Waals surface area contributed by atoms with Crippen molar-refractivity contribution < 1.29 is 9.53 Å². The van der Waals surface area contributed by atoms with Crippen LogP contribution in [0.1, 0.15) is 30.9 Å². The molecule has 0 aromatic heterocycles. The molecule has 1 N–H and O–H groups in total. The van der Waals surface area contributed by atoms with Gasteiger partial charge in [-0.3, -0.25) is 4.79 Å². The van der Waals surface area contributed by atoms with Crippen LogP contribution in [0.3, 0.4) is 0 Å². The molecule has 3 rings (SSSR count). The van der Waals surface area contributed by atoms with Crippen LogP contribution in [0.25, 0.3) is 0 Å². The van der Waals surface area contributed by atoms with Gasteiger partial charge in [-0.05, 0) is 32.3 Å². The Morgan fingerprint density at radius 2 is 1.91 bits per heavy atom. The summed E-state index contributed by atoms with van der Waals surface area (Å²) in [5, 5.41) is 3.41. The second kappa shape index (κ2) is 7.65. The molecular formula is C18H27ClN2O2. The third-order valence-electron chi connectivity index (χ3n) is 5.02. The van der Waals surface area contributed by atoms with Crippen LogP contribution < -0.4 is 5.32 Å². The summed E-state index contributed by atoms with van der Waals surface area (Å²) >= 11 is 0. The van der Waals surface area contributed by atoms with E-state index in [1.807, 2.05) is 4.90 Å². The number of rotatable bonds is 2. The Hall–Kier alpha value is -1.10. The van der Waals surface area contributed by atoms with E-state index in [2.05, 4.69) is 43.4 Å². The molecule has 1 aromatic rings. The predicted molar refractivity (Wildman–Crippen MR) is 94.2 cm³/mol. The number of nitrogens with one attached hydrogen (secondary N) is 1. The maximum atomic E-state index is 13.3. The molecule has 1 atom stereocenters. The lowest BCUT2D eigenvalue weighted by atomic mass is 9.72. The normalized spacial score (nSPS) is 23.9. The standard InChI is InChI=1S/C18H26N2O2.ClH/c1-14-3-5-16(6-4-14)18(7-11-22-12-8-18)17(21)20-10-9-19-15(2)13-20;/h3-6,15,19H,7-13H2,1-2H3;1H. The fraction of sp³-hybridized carbons (Fsp3) is 0.611. The van der Waals surface area contributed by atoms with Crippen LogP contribution in [-0.4, -0.2) is 49.7 Å². The zero-order valence-electron chi connectivity index (χ0n) is 14.0. The minimum Gasteiger partial charge on any atom is -0.381 e. The number of hydrogen-bond acceptors (Lipinski definition) is 3. The first kappa shape index (κ1) is 18.2. The van der Waals surface area contributed by atoms with E-state index in [0.29, 0.717) is 19.3 Å². The quantitative estimate of drug-likeness (QED) is 0.899. The maximum Gasteiger partial charge on any atom is 0.233 e. The van der Waals surface area contributed by atoms with Crippen molar-refractivity contribution in [3.8, 4) is 0 Å². The van der Waals surface area contributed by atoms with Crippen molar-refractivity contribution in [3.63, 3.8) is 0 Å². The molecule has 0 aliphatic carbocycles. The van der Waals surface area contributed by atoms with Crippen LogP contribution in [0.4, 0.5) is 0 Å². The van der Waals surface area contributed by atoms with Crippen molar-refractivity contribution in [1.29, 1.82) is 0 Å². The third kappa shape index (κ3) is 3.70. The van der Waals surface area contributed by atoms with Crippen molar-refractivity contribution in [1.82, 2.24) is 10.2 Å². The number of benzene rings is 1. The summed E-state index contributed by atoms with van der Waals surface area (Å²) in [5.41, 5.74) is 1.98. The number of amides is 1. The van der Waals surface area contributed by atoms with E-state index >= 15 is 0 Å². The molecule has 0 saturated carbocycles. The zero-order valence-corrected chi connectivity index (χ0v) is 14.8. The fourth-order valence-electron chi connectivity index (χ4n) is 3.64. The number of hydrogen-bond donors (Lipinski definition) is 1. The van der Waals surface area contributed by atoms with Gasteiger partial charge in [0.1, 0.15) is 0 Å². The van der Waals surface area contributed by atoms with Gasteiger partial charge in [0.25, 0.3) is 0 Å². The van der Waals surface area contributed by atoms with Crippen molar-refractivity contribution in [3.05, 3.63) is 35.4 Å². The fourth-order valence-corrected chi connectivity index (χ4v) is 3.64. The molecule has 2 heterocycles. The minimum atomic E-state index is -0.400. The summed E-state index contributed by atoms with van der Waals surface area (Å²) in [5.74, 6) is 0.285. The first-order valence-electron chi connectivity index (χ1n) is 8.29. The molecule has 0 spiro atoms. The highest BCUT2D eigenvalue weighted by atomic mass is 35.5. The summed E-state index contributed by atoms with van der Waals surface area (Å²) in [4.78, 5) is 15.4. The van der Waals surface area contributed by atoms with Crippen molar-refractivity contribution in [2.24, 2.45) is 0 Å². The summed E-state index contributed by atoms with van der Waals surface area (Å²) in [6, 6.07) is 8.85. The van der Waals surface area contributed by atoms with E-state index in [1.165, 1.54) is 5.56 Å². The summed E-state index contributed by atoms with van der Waals surface area (Å²) < 4.78 is 5.55. The average Bonchev–Trinajstić information content (AvgIpc) is 2.55. The monoisotopic (exact) mass is 338 g/mol. The largest absolute Gasteiger partial charge is 0.381 e. The van der Waals surface area contributed by atoms with Gasteiger partial charge >= 0.3 is 0 Å². The molecule has 0 radical (unpaired) electrons. The SMILES string of the molecule is Cc1ccc(C2(C(=O)N3CCNC(C)C3)CCOCC2)cc1.Cl. The molecule has 5 heteroatoms. The molecule has 2 aliphatic rings. The topological polar surface area (TPSA) is 41.6 Å². The molecular weight excluding hydrogens is 312 g/mol. The zero-order chi connectivity index (χ0) is 15.6. The molecule has 1 unspecified atom stereocenters. The molecule has 1 aromatic carbocycles. The van der Waals surface area contributed by atoms with Crippen LogP contribution >= 0.6 is 12.4 Å². The summed E-state index contributed by atoms with van der Waals surface area (Å²) in [6.45, 7) is 8.04. The van der Waals surface area contributed by atoms with Crippen LogP contribution in [0.5, 0.6) is 0 Å². The minimum absolute atomic E-state index is 0. The van der Waals surface area contributed by atoms with Crippen LogP contribution in [0.2, 0.25) is 0 Å². The second-order valence-electron chi connectivity index (χ2n) is 6.67. The Balaban J connectivity index is 0.00000192. The number of nitrogens with zero attached hydrogens (tertiary/aromatic N) is 1. The van der Waals surface area contributed by atoms with Crippen molar-refractivity contribution >= 4 is 18.3 Å². The van der Waals surface area contributed by atoms with Crippen LogP contribution in [0.15, 0.2) is 24.3 Å². The van der Waals surface area contributed by atoms with Gasteiger partial charge in [0.2, 0.25) is 5.91 Å². The highest BCUT2D eigenvalue weighted by Crippen LogP contribution is 2.37. The van der Waals surface area contributed by atoms with Gasteiger partial charge in [0, 0.05) is 38.9 Å². The maximum absolute atomic E-state index is 13.3. The Bertz CT molecular complexity index is 526. The smallest absolute Gasteiger partial charge is 0.233 e. The highest BCUT2D eigenvalue weighted by molar-refractivity contribution is 5.88. The van der Waals surface area contributed by atoms with Crippen molar-refractivity contribution in [2.75, 3.05) is 32.8 Å². The van der Waals surface area contributed by atoms with Gasteiger partial charge in [-0.15, -0.1) is 12.4 Å². The van der Waals surface area contributed by atoms with E-state index in [0.717, 1.165) is 38.0 Å². The van der Waals surface area contributed by atoms with Crippen molar-refractivity contribution in [2.45, 2.75) is 38.1 Å². The molecule has 2 aliphatic heterocycles. The first-order chi connectivity index (χ1) is 10.6. The number of aryl methyl sites for hydroxylation is 1. The molecule has 128 valence electrons. The molecule has 2 saturated heterocycles. The van der Waals surface area contributed by atoms with Gasteiger partial charge < -0.3 is 15.0 Å². The Morgan fingerprint density at radius 1 is 1.26 bits per heavy atom. The molecule has 4 nitrogen and oxygen atoms in total. The molecule has 1 amide bonds. The molecule has 0 bridgehead atoms. The highest BCUT2D eigenvalue weighted by Gasteiger charge is 2.44. The number of piperazine rings is 1. The lowest BCUT2D eigenvalue weighted by Crippen LogP contribution is -2.57.